The minimum Gasteiger partial charge on any atom is -0.435 e. The van der Waals surface area contributed by atoms with Crippen LogP contribution in [0.15, 0.2) is 66.7 Å². The van der Waals surface area contributed by atoms with Gasteiger partial charge >= 0.3 is 23.9 Å². The number of benzene rings is 2. The predicted octanol–water partition coefficient (Wildman–Crippen LogP) is 3.48. The second kappa shape index (κ2) is 10.9. The molecular formula is C27H27ClN2O7. The molecule has 2 fully saturated rings. The van der Waals surface area contributed by atoms with E-state index < -0.39 is 36.1 Å². The number of carbonyl (C=O) groups excluding carboxylic acids is 3. The normalized spacial score (nSPS) is 22.4. The van der Waals surface area contributed by atoms with Gasteiger partial charge in [-0.2, -0.15) is 0 Å². The number of cyclic esters (lactones) is 1. The van der Waals surface area contributed by atoms with Crippen molar-refractivity contribution in [1.82, 2.24) is 9.80 Å². The first-order valence-electron chi connectivity index (χ1n) is 12.2. The van der Waals surface area contributed by atoms with Gasteiger partial charge in [0.1, 0.15) is 0 Å². The van der Waals surface area contributed by atoms with Gasteiger partial charge in [-0.15, -0.1) is 0 Å². The van der Waals surface area contributed by atoms with E-state index in [1.54, 1.807) is 18.2 Å². The Bertz CT molecular complexity index is 1160. The molecule has 37 heavy (non-hydrogen) atoms. The number of hydrogen-bond acceptors (Lipinski definition) is 8. The number of halogens is 1. The average molecular weight is 527 g/mol. The van der Waals surface area contributed by atoms with Gasteiger partial charge in [-0.3, -0.25) is 4.90 Å². The second-order valence-corrected chi connectivity index (χ2v) is 9.49. The van der Waals surface area contributed by atoms with Crippen molar-refractivity contribution >= 4 is 29.6 Å². The number of amides is 1. The number of hydrogen-bond donors (Lipinski definition) is 0. The summed E-state index contributed by atoms with van der Waals surface area (Å²) in [5, 5.41) is 0.497. The summed E-state index contributed by atoms with van der Waals surface area (Å²) < 4.78 is 22.8. The van der Waals surface area contributed by atoms with Crippen molar-refractivity contribution in [2.24, 2.45) is 0 Å². The van der Waals surface area contributed by atoms with Crippen molar-refractivity contribution in [2.45, 2.75) is 30.9 Å². The zero-order chi connectivity index (χ0) is 25.8. The van der Waals surface area contributed by atoms with Gasteiger partial charge in [0.05, 0.1) is 19.3 Å². The van der Waals surface area contributed by atoms with Crippen LogP contribution in [0.25, 0.3) is 0 Å². The second-order valence-electron chi connectivity index (χ2n) is 9.05. The molecule has 2 aromatic carbocycles. The minimum absolute atomic E-state index is 0.105. The van der Waals surface area contributed by atoms with Crippen LogP contribution in [0.5, 0.6) is 0 Å². The Labute approximate surface area is 219 Å². The van der Waals surface area contributed by atoms with E-state index in [0.717, 1.165) is 36.4 Å². The third-order valence-electron chi connectivity index (χ3n) is 6.66. The quantitative estimate of drug-likeness (QED) is 0.506. The van der Waals surface area contributed by atoms with Crippen molar-refractivity contribution in [1.29, 1.82) is 0 Å². The number of ether oxygens (including phenoxy) is 4. The van der Waals surface area contributed by atoms with Gasteiger partial charge in [0.15, 0.2) is 0 Å². The molecule has 1 spiro atoms. The van der Waals surface area contributed by atoms with Crippen LogP contribution in [0.1, 0.15) is 23.6 Å². The molecule has 2 atom stereocenters. The Morgan fingerprint density at radius 3 is 2.32 bits per heavy atom. The molecular weight excluding hydrogens is 500 g/mol. The number of esters is 2. The summed E-state index contributed by atoms with van der Waals surface area (Å²) in [4.78, 5) is 42.4. The maximum Gasteiger partial charge on any atom is 0.417 e. The van der Waals surface area contributed by atoms with Crippen molar-refractivity contribution < 1.29 is 33.3 Å². The maximum absolute atomic E-state index is 13.5. The number of nitrogens with zero attached hydrogens (tertiary/aromatic N) is 2. The summed E-state index contributed by atoms with van der Waals surface area (Å²) in [6.45, 7) is 3.44. The Morgan fingerprint density at radius 1 is 0.946 bits per heavy atom. The molecule has 10 heteroatoms. The molecule has 3 heterocycles. The smallest absolute Gasteiger partial charge is 0.417 e. The molecule has 0 radical (unpaired) electrons. The summed E-state index contributed by atoms with van der Waals surface area (Å²) in [6, 6.07) is 15.8. The topological polar surface area (TPSA) is 94.6 Å². The fourth-order valence-electron chi connectivity index (χ4n) is 4.92. The Hall–Kier alpha value is -3.40. The number of morpholine rings is 1. The maximum atomic E-state index is 13.5. The summed E-state index contributed by atoms with van der Waals surface area (Å²) in [5.41, 5.74) is 1.51. The van der Waals surface area contributed by atoms with Gasteiger partial charge in [-0.05, 0) is 29.7 Å². The number of rotatable bonds is 7. The highest BCUT2D eigenvalue weighted by atomic mass is 35.5. The fraction of sp³-hybridized carbons (Fsp3) is 0.370. The molecule has 2 aromatic rings. The molecule has 194 valence electrons. The molecule has 0 bridgehead atoms. The highest BCUT2D eigenvalue weighted by Gasteiger charge is 2.64. The van der Waals surface area contributed by atoms with Gasteiger partial charge in [0.25, 0.3) is 0 Å². The number of carbonyl (C=O) groups is 3. The van der Waals surface area contributed by atoms with Crippen molar-refractivity contribution in [2.75, 3.05) is 32.8 Å². The van der Waals surface area contributed by atoms with Crippen molar-refractivity contribution in [3.8, 4) is 0 Å². The Kier molecular flexibility index (Phi) is 7.45. The third kappa shape index (κ3) is 5.49. The molecule has 9 nitrogen and oxygen atoms in total. The first-order valence-corrected chi connectivity index (χ1v) is 12.6. The largest absolute Gasteiger partial charge is 0.435 e. The fourth-order valence-corrected chi connectivity index (χ4v) is 5.13. The van der Waals surface area contributed by atoms with E-state index in [1.807, 2.05) is 36.4 Å². The molecule has 2 unspecified atom stereocenters. The zero-order valence-electron chi connectivity index (χ0n) is 20.1. The molecule has 2 saturated heterocycles. The molecule has 3 aliphatic rings. The predicted molar refractivity (Wildman–Crippen MR) is 132 cm³/mol. The lowest BCUT2D eigenvalue weighted by Gasteiger charge is -2.40. The van der Waals surface area contributed by atoms with E-state index in [2.05, 4.69) is 4.90 Å². The summed E-state index contributed by atoms with van der Waals surface area (Å²) >= 11 is 6.17. The minimum atomic E-state index is -2.11. The summed E-state index contributed by atoms with van der Waals surface area (Å²) in [6.07, 6.45) is 0.687. The molecule has 1 amide bonds. The first kappa shape index (κ1) is 25.3. The van der Waals surface area contributed by atoms with E-state index in [-0.39, 0.29) is 6.42 Å². The highest BCUT2D eigenvalue weighted by molar-refractivity contribution is 6.30. The van der Waals surface area contributed by atoms with Crippen LogP contribution in [0.3, 0.4) is 0 Å². The van der Waals surface area contributed by atoms with Gasteiger partial charge in [-0.25, -0.2) is 19.3 Å². The van der Waals surface area contributed by atoms with E-state index >= 15 is 0 Å². The average Bonchev–Trinajstić information content (AvgIpc) is 3.03. The van der Waals surface area contributed by atoms with Crippen LogP contribution < -0.4 is 0 Å². The van der Waals surface area contributed by atoms with Gasteiger partial charge in [-0.1, -0.05) is 54.1 Å². The van der Waals surface area contributed by atoms with Crippen LogP contribution in [0.2, 0.25) is 5.02 Å². The first-order chi connectivity index (χ1) is 17.9. The van der Waals surface area contributed by atoms with Crippen LogP contribution >= 0.6 is 11.6 Å². The van der Waals surface area contributed by atoms with E-state index in [0.29, 0.717) is 31.2 Å². The lowest BCUT2D eigenvalue weighted by atomic mass is 9.99. The van der Waals surface area contributed by atoms with Crippen LogP contribution in [0, 0.1) is 0 Å². The van der Waals surface area contributed by atoms with Crippen molar-refractivity contribution in [3.05, 3.63) is 82.9 Å². The summed E-state index contributed by atoms with van der Waals surface area (Å²) in [5.74, 6) is -3.74. The van der Waals surface area contributed by atoms with Crippen LogP contribution in [0.4, 0.5) is 4.79 Å². The van der Waals surface area contributed by atoms with E-state index in [4.69, 9.17) is 30.5 Å². The zero-order valence-corrected chi connectivity index (χ0v) is 20.8. The molecule has 5 rings (SSSR count). The Balaban J connectivity index is 1.54. The van der Waals surface area contributed by atoms with Crippen LogP contribution in [-0.2, 0) is 35.0 Å². The van der Waals surface area contributed by atoms with Gasteiger partial charge in [0, 0.05) is 43.2 Å². The lowest BCUT2D eigenvalue weighted by Crippen LogP contribution is -2.58. The van der Waals surface area contributed by atoms with Crippen molar-refractivity contribution in [3.63, 3.8) is 0 Å². The van der Waals surface area contributed by atoms with Gasteiger partial charge < -0.3 is 18.9 Å². The molecule has 0 aliphatic carbocycles. The molecule has 0 aromatic heterocycles. The Morgan fingerprint density at radius 2 is 1.65 bits per heavy atom. The lowest BCUT2D eigenvalue weighted by molar-refractivity contribution is -0.284. The standard InChI is InChI=1S/C27H27ClN2O7/c28-21-8-4-5-19(17-21)18-23-27(36-24(31)9-10-25(32)37-27)30(26(33)35-23)22(20-6-2-1-3-7-20)11-12-29-13-15-34-16-14-29/h1-10,17,22-23H,11-16,18H2. The molecule has 0 saturated carbocycles. The monoisotopic (exact) mass is 526 g/mol. The van der Waals surface area contributed by atoms with Crippen LogP contribution in [-0.4, -0.2) is 72.7 Å². The van der Waals surface area contributed by atoms with E-state index in [1.165, 1.54) is 4.90 Å². The summed E-state index contributed by atoms with van der Waals surface area (Å²) in [7, 11) is 0. The SMILES string of the molecule is O=C1C=CC(=O)OC2(O1)C(Cc1cccc(Cl)c1)OC(=O)N2C(CCN1CCOCC1)c1ccccc1. The molecule has 0 N–H and O–H groups in total. The molecule has 3 aliphatic heterocycles. The van der Waals surface area contributed by atoms with E-state index in [9.17, 15) is 14.4 Å². The third-order valence-corrected chi connectivity index (χ3v) is 6.90. The highest BCUT2D eigenvalue weighted by Crippen LogP contribution is 2.43. The van der Waals surface area contributed by atoms with Gasteiger partial charge in [0.2, 0.25) is 6.10 Å².